The first-order valence-corrected chi connectivity index (χ1v) is 12.2. The van der Waals surface area contributed by atoms with Crippen molar-refractivity contribution in [2.75, 3.05) is 36.3 Å². The lowest BCUT2D eigenvalue weighted by atomic mass is 10.1. The lowest BCUT2D eigenvalue weighted by Crippen LogP contribution is -2.19. The van der Waals surface area contributed by atoms with Crippen LogP contribution in [0.1, 0.15) is 32.1 Å². The molecule has 2 rings (SSSR count). The predicted molar refractivity (Wildman–Crippen MR) is 116 cm³/mol. The highest BCUT2D eigenvalue weighted by atomic mass is 35.5. The summed E-state index contributed by atoms with van der Waals surface area (Å²) in [4.78, 5) is 2.92. The molecule has 0 aliphatic carbocycles. The number of nitrogens with one attached hydrogen (secondary N) is 3. The highest BCUT2D eigenvalue weighted by molar-refractivity contribution is 7.93. The van der Waals surface area contributed by atoms with Crippen LogP contribution >= 0.6 is 22.9 Å². The zero-order valence-corrected chi connectivity index (χ0v) is 18.6. The molecule has 4 N–H and O–H groups in total. The SMILES string of the molecule is O=S(=O)(Nc1ncc(F)s1)c1cc(Cl)c(NCCCCCCCNCCO)cc1F. The van der Waals surface area contributed by atoms with Crippen LogP contribution < -0.4 is 15.4 Å². The Bertz CT molecular complexity index is 913. The number of unbranched alkanes of at least 4 members (excludes halogenated alkanes) is 4. The van der Waals surface area contributed by atoms with Gasteiger partial charge in [0.1, 0.15) is 10.7 Å². The fraction of sp³-hybridized carbons (Fsp3) is 0.500. The maximum atomic E-state index is 14.4. The number of sulfonamides is 1. The van der Waals surface area contributed by atoms with Crippen LogP contribution in [0.2, 0.25) is 5.02 Å². The number of nitrogens with zero attached hydrogens (tertiary/aromatic N) is 1. The van der Waals surface area contributed by atoms with Crippen molar-refractivity contribution in [3.05, 3.63) is 34.3 Å². The third-order valence-corrected chi connectivity index (χ3v) is 6.64. The van der Waals surface area contributed by atoms with Gasteiger partial charge in [-0.3, -0.25) is 4.72 Å². The Balaban J connectivity index is 1.81. The highest BCUT2D eigenvalue weighted by Gasteiger charge is 2.23. The fourth-order valence-corrected chi connectivity index (χ4v) is 4.84. The minimum Gasteiger partial charge on any atom is -0.395 e. The number of halogens is 3. The number of hydrogen-bond donors (Lipinski definition) is 4. The van der Waals surface area contributed by atoms with Gasteiger partial charge in [-0.15, -0.1) is 0 Å². The number of aromatic nitrogens is 1. The molecule has 0 amide bonds. The molecule has 30 heavy (non-hydrogen) atoms. The van der Waals surface area contributed by atoms with Crippen LogP contribution in [0.15, 0.2) is 23.2 Å². The van der Waals surface area contributed by atoms with Crippen LogP contribution in [0, 0.1) is 10.9 Å². The molecule has 0 saturated heterocycles. The summed E-state index contributed by atoms with van der Waals surface area (Å²) in [7, 11) is -4.29. The van der Waals surface area contributed by atoms with E-state index in [2.05, 4.69) is 15.6 Å². The molecule has 7 nitrogen and oxygen atoms in total. The zero-order valence-electron chi connectivity index (χ0n) is 16.3. The van der Waals surface area contributed by atoms with E-state index in [1.807, 2.05) is 4.72 Å². The third kappa shape index (κ3) is 7.95. The van der Waals surface area contributed by atoms with Gasteiger partial charge >= 0.3 is 0 Å². The Kier molecular flexibility index (Phi) is 10.2. The second-order valence-electron chi connectivity index (χ2n) is 6.51. The predicted octanol–water partition coefficient (Wildman–Crippen LogP) is 3.82. The molecule has 0 saturated carbocycles. The van der Waals surface area contributed by atoms with Crippen molar-refractivity contribution in [1.29, 1.82) is 0 Å². The Morgan fingerprint density at radius 3 is 2.43 bits per heavy atom. The maximum Gasteiger partial charge on any atom is 0.266 e. The molecule has 1 aromatic carbocycles. The summed E-state index contributed by atoms with van der Waals surface area (Å²) in [5, 5.41) is 14.0. The first kappa shape index (κ1) is 24.7. The summed E-state index contributed by atoms with van der Waals surface area (Å²) in [6, 6.07) is 2.05. The molecule has 0 unspecified atom stereocenters. The first-order valence-electron chi connectivity index (χ1n) is 9.52. The molecule has 0 atom stereocenters. The van der Waals surface area contributed by atoms with Gasteiger partial charge in [-0.05, 0) is 31.5 Å². The van der Waals surface area contributed by atoms with Crippen LogP contribution in [0.5, 0.6) is 0 Å². The van der Waals surface area contributed by atoms with Crippen LogP contribution in [-0.4, -0.2) is 44.7 Å². The fourth-order valence-electron chi connectivity index (χ4n) is 2.67. The molecular formula is C18H25ClF2N4O3S2. The second-order valence-corrected chi connectivity index (χ2v) is 9.54. The van der Waals surface area contributed by atoms with Crippen LogP contribution in [0.25, 0.3) is 0 Å². The normalized spacial score (nSPS) is 11.6. The van der Waals surface area contributed by atoms with Gasteiger partial charge in [0.25, 0.3) is 10.0 Å². The summed E-state index contributed by atoms with van der Waals surface area (Å²) in [6.45, 7) is 2.21. The number of anilines is 2. The van der Waals surface area contributed by atoms with Gasteiger partial charge in [0, 0.05) is 13.1 Å². The van der Waals surface area contributed by atoms with E-state index in [1.165, 1.54) is 0 Å². The van der Waals surface area contributed by atoms with Crippen molar-refractivity contribution < 1.29 is 22.3 Å². The van der Waals surface area contributed by atoms with Crippen molar-refractivity contribution in [2.45, 2.75) is 37.0 Å². The lowest BCUT2D eigenvalue weighted by molar-refractivity contribution is 0.292. The molecule has 0 spiro atoms. The summed E-state index contributed by atoms with van der Waals surface area (Å²) >= 11 is 6.62. The molecule has 0 fully saturated rings. The van der Waals surface area contributed by atoms with Gasteiger partial charge in [-0.25, -0.2) is 17.8 Å². The molecule has 2 aromatic rings. The van der Waals surface area contributed by atoms with E-state index < -0.39 is 25.9 Å². The topological polar surface area (TPSA) is 103 Å². The minimum absolute atomic E-state index is 0.0667. The van der Waals surface area contributed by atoms with Gasteiger partial charge in [-0.2, -0.15) is 4.39 Å². The number of rotatable bonds is 14. The Labute approximate surface area is 183 Å². The molecular weight excluding hydrogens is 458 g/mol. The standard InChI is InChI=1S/C18H25ClF2N4O3S2/c19-13-10-16(30(27,28)25-18-24-12-17(21)29-18)14(20)11-15(13)23-7-5-3-1-2-4-6-22-8-9-26/h10-12,22-23,26H,1-9H2,(H,24,25). The van der Waals surface area contributed by atoms with Gasteiger partial charge < -0.3 is 15.7 Å². The summed E-state index contributed by atoms with van der Waals surface area (Å²) < 4.78 is 54.1. The van der Waals surface area contributed by atoms with E-state index in [4.69, 9.17) is 16.7 Å². The monoisotopic (exact) mass is 482 g/mol. The van der Waals surface area contributed by atoms with E-state index in [9.17, 15) is 17.2 Å². The Morgan fingerprint density at radius 2 is 1.77 bits per heavy atom. The van der Waals surface area contributed by atoms with Gasteiger partial charge in [0.05, 0.1) is 23.5 Å². The van der Waals surface area contributed by atoms with E-state index in [1.54, 1.807) is 0 Å². The number of benzene rings is 1. The van der Waals surface area contributed by atoms with Crippen molar-refractivity contribution in [3.8, 4) is 0 Å². The Hall–Kier alpha value is -1.53. The summed E-state index contributed by atoms with van der Waals surface area (Å²) in [6.07, 6.45) is 5.91. The van der Waals surface area contributed by atoms with Crippen LogP contribution in [-0.2, 0) is 10.0 Å². The van der Waals surface area contributed by atoms with Crippen molar-refractivity contribution in [1.82, 2.24) is 10.3 Å². The van der Waals surface area contributed by atoms with E-state index in [0.29, 0.717) is 30.1 Å². The molecule has 0 aliphatic rings. The van der Waals surface area contributed by atoms with Gasteiger partial charge in [0.2, 0.25) is 0 Å². The minimum atomic E-state index is -4.29. The number of aliphatic hydroxyl groups is 1. The Morgan fingerprint density at radius 1 is 1.07 bits per heavy atom. The van der Waals surface area contributed by atoms with Crippen molar-refractivity contribution >= 4 is 43.8 Å². The van der Waals surface area contributed by atoms with Crippen molar-refractivity contribution in [2.24, 2.45) is 0 Å². The second kappa shape index (κ2) is 12.4. The van der Waals surface area contributed by atoms with E-state index in [-0.39, 0.29) is 16.8 Å². The van der Waals surface area contributed by atoms with Crippen LogP contribution in [0.4, 0.5) is 19.6 Å². The molecule has 1 heterocycles. The number of hydrogen-bond acceptors (Lipinski definition) is 7. The first-order chi connectivity index (χ1) is 14.3. The quantitative estimate of drug-likeness (QED) is 0.305. The molecule has 0 radical (unpaired) electrons. The smallest absolute Gasteiger partial charge is 0.266 e. The summed E-state index contributed by atoms with van der Waals surface area (Å²) in [5.74, 6) is -0.971. The molecule has 168 valence electrons. The van der Waals surface area contributed by atoms with Gasteiger partial charge in [-0.1, -0.05) is 42.2 Å². The molecule has 0 bridgehead atoms. The summed E-state index contributed by atoms with van der Waals surface area (Å²) in [5.41, 5.74) is 0.307. The van der Waals surface area contributed by atoms with Crippen LogP contribution in [0.3, 0.4) is 0 Å². The number of aliphatic hydroxyl groups excluding tert-OH is 1. The molecule has 1 aromatic heterocycles. The zero-order chi connectivity index (χ0) is 22.0. The largest absolute Gasteiger partial charge is 0.395 e. The number of thiazole rings is 1. The lowest BCUT2D eigenvalue weighted by Gasteiger charge is -2.12. The van der Waals surface area contributed by atoms with E-state index in [0.717, 1.165) is 57.0 Å². The van der Waals surface area contributed by atoms with Crippen molar-refractivity contribution in [3.63, 3.8) is 0 Å². The van der Waals surface area contributed by atoms with Gasteiger partial charge in [0.15, 0.2) is 10.3 Å². The highest BCUT2D eigenvalue weighted by Crippen LogP contribution is 2.30. The maximum absolute atomic E-state index is 14.4. The van der Waals surface area contributed by atoms with E-state index >= 15 is 0 Å². The molecule has 12 heteroatoms. The third-order valence-electron chi connectivity index (χ3n) is 4.14. The average Bonchev–Trinajstić information content (AvgIpc) is 3.09. The average molecular weight is 483 g/mol. The molecule has 0 aliphatic heterocycles.